The average molecular weight is 284 g/mol. The number of nitrogens with one attached hydrogen (secondary N) is 1. The first-order chi connectivity index (χ1) is 9.11. The molecule has 2 heterocycles. The van der Waals surface area contributed by atoms with Crippen molar-refractivity contribution < 1.29 is 8.42 Å². The highest BCUT2D eigenvalue weighted by atomic mass is 32.2. The topological polar surface area (TPSA) is 75.2 Å². The number of rotatable bonds is 5. The third-order valence-electron chi connectivity index (χ3n) is 3.09. The molecule has 2 rings (SSSR count). The van der Waals surface area contributed by atoms with E-state index in [0.29, 0.717) is 13.1 Å². The quantitative estimate of drug-likeness (QED) is 0.779. The summed E-state index contributed by atoms with van der Waals surface area (Å²) in [4.78, 5) is 10.7. The Morgan fingerprint density at radius 1 is 1.26 bits per heavy atom. The summed E-state index contributed by atoms with van der Waals surface area (Å²) in [5, 5.41) is 3.27. The van der Waals surface area contributed by atoms with Gasteiger partial charge in [-0.3, -0.25) is 4.98 Å². The van der Waals surface area contributed by atoms with Gasteiger partial charge in [0.2, 0.25) is 0 Å². The van der Waals surface area contributed by atoms with Crippen LogP contribution in [0.1, 0.15) is 19.0 Å². The molecule has 0 aliphatic carbocycles. The Kier molecular flexibility index (Phi) is 4.71. The number of anilines is 1. The van der Waals surface area contributed by atoms with Gasteiger partial charge in [0.15, 0.2) is 9.84 Å². The van der Waals surface area contributed by atoms with Crippen molar-refractivity contribution in [2.75, 3.05) is 36.0 Å². The Labute approximate surface area is 114 Å². The second-order valence-electron chi connectivity index (χ2n) is 4.68. The minimum Gasteiger partial charge on any atom is -0.353 e. The molecule has 0 aromatic carbocycles. The van der Waals surface area contributed by atoms with E-state index in [2.05, 4.69) is 22.2 Å². The largest absolute Gasteiger partial charge is 0.353 e. The Bertz CT molecular complexity index is 487. The first-order valence-electron chi connectivity index (χ1n) is 6.58. The Hall–Kier alpha value is -1.21. The zero-order chi connectivity index (χ0) is 13.7. The van der Waals surface area contributed by atoms with Crippen LogP contribution < -0.4 is 10.2 Å². The lowest BCUT2D eigenvalue weighted by molar-refractivity contribution is 0.586. The minimum atomic E-state index is -2.85. The summed E-state index contributed by atoms with van der Waals surface area (Å²) in [5.74, 6) is 1.16. The first-order valence-corrected chi connectivity index (χ1v) is 8.40. The Morgan fingerprint density at radius 3 is 2.58 bits per heavy atom. The summed E-state index contributed by atoms with van der Waals surface area (Å²) in [6.07, 6.45) is 4.57. The van der Waals surface area contributed by atoms with Crippen LogP contribution in [0.4, 0.5) is 5.82 Å². The van der Waals surface area contributed by atoms with Gasteiger partial charge in [-0.25, -0.2) is 13.4 Å². The minimum absolute atomic E-state index is 0.203. The molecule has 19 heavy (non-hydrogen) atoms. The maximum Gasteiger partial charge on any atom is 0.153 e. The summed E-state index contributed by atoms with van der Waals surface area (Å²) in [5.41, 5.74) is 0.904. The predicted octanol–water partition coefficient (Wildman–Crippen LogP) is 0.211. The van der Waals surface area contributed by atoms with E-state index in [4.69, 9.17) is 0 Å². The van der Waals surface area contributed by atoms with Crippen LogP contribution in [0.3, 0.4) is 0 Å². The molecule has 0 bridgehead atoms. The molecule has 0 amide bonds. The molecule has 106 valence electrons. The third-order valence-corrected chi connectivity index (χ3v) is 4.70. The highest BCUT2D eigenvalue weighted by Gasteiger charge is 2.22. The van der Waals surface area contributed by atoms with Crippen LogP contribution in [-0.2, 0) is 16.4 Å². The van der Waals surface area contributed by atoms with Crippen molar-refractivity contribution in [2.24, 2.45) is 0 Å². The molecule has 1 aliphatic rings. The van der Waals surface area contributed by atoms with Gasteiger partial charge < -0.3 is 10.2 Å². The molecule has 1 aromatic rings. The van der Waals surface area contributed by atoms with E-state index in [-0.39, 0.29) is 11.5 Å². The van der Waals surface area contributed by atoms with Crippen molar-refractivity contribution in [3.8, 4) is 0 Å². The molecular formula is C12H20N4O2S. The van der Waals surface area contributed by atoms with Crippen LogP contribution >= 0.6 is 0 Å². The molecule has 7 heteroatoms. The van der Waals surface area contributed by atoms with Gasteiger partial charge in [0, 0.05) is 19.6 Å². The number of aromatic nitrogens is 2. The molecule has 1 saturated heterocycles. The Morgan fingerprint density at radius 2 is 2.00 bits per heavy atom. The van der Waals surface area contributed by atoms with Crippen LogP contribution in [0.5, 0.6) is 0 Å². The van der Waals surface area contributed by atoms with E-state index >= 15 is 0 Å². The van der Waals surface area contributed by atoms with Gasteiger partial charge in [0.05, 0.1) is 29.6 Å². The first kappa shape index (κ1) is 14.2. The zero-order valence-corrected chi connectivity index (χ0v) is 12.0. The number of nitrogens with zero attached hydrogens (tertiary/aromatic N) is 3. The van der Waals surface area contributed by atoms with E-state index in [0.717, 1.165) is 31.0 Å². The van der Waals surface area contributed by atoms with Crippen molar-refractivity contribution in [1.29, 1.82) is 0 Å². The highest BCUT2D eigenvalue weighted by Crippen LogP contribution is 2.13. The average Bonchev–Trinajstić information content (AvgIpc) is 2.40. The van der Waals surface area contributed by atoms with Gasteiger partial charge in [-0.2, -0.15) is 0 Å². The predicted molar refractivity (Wildman–Crippen MR) is 74.9 cm³/mol. The fourth-order valence-corrected chi connectivity index (χ4v) is 3.14. The normalized spacial score (nSPS) is 18.5. The molecule has 1 fully saturated rings. The molecular weight excluding hydrogens is 264 g/mol. The standard InChI is InChI=1S/C12H20N4O2S/c1-2-3-13-8-11-9-15-12(10-14-11)16-4-6-19(17,18)7-5-16/h9-10,13H,2-8H2,1H3. The molecule has 1 aliphatic heterocycles. The van der Waals surface area contributed by atoms with Crippen molar-refractivity contribution in [3.63, 3.8) is 0 Å². The monoisotopic (exact) mass is 284 g/mol. The maximum atomic E-state index is 11.4. The van der Waals surface area contributed by atoms with Crippen molar-refractivity contribution in [2.45, 2.75) is 19.9 Å². The molecule has 1 N–H and O–H groups in total. The molecule has 0 radical (unpaired) electrons. The summed E-state index contributed by atoms with van der Waals surface area (Å²) in [6, 6.07) is 0. The fraction of sp³-hybridized carbons (Fsp3) is 0.667. The van der Waals surface area contributed by atoms with Crippen LogP contribution in [-0.4, -0.2) is 49.5 Å². The van der Waals surface area contributed by atoms with Crippen molar-refractivity contribution in [3.05, 3.63) is 18.1 Å². The van der Waals surface area contributed by atoms with Gasteiger partial charge in [0.1, 0.15) is 5.82 Å². The van der Waals surface area contributed by atoms with E-state index in [1.54, 1.807) is 12.4 Å². The van der Waals surface area contributed by atoms with Gasteiger partial charge in [-0.05, 0) is 13.0 Å². The lowest BCUT2D eigenvalue weighted by Gasteiger charge is -2.27. The summed E-state index contributed by atoms with van der Waals surface area (Å²) >= 11 is 0. The van der Waals surface area contributed by atoms with Gasteiger partial charge in [0.25, 0.3) is 0 Å². The van der Waals surface area contributed by atoms with Crippen molar-refractivity contribution >= 4 is 15.7 Å². The summed E-state index contributed by atoms with van der Waals surface area (Å²) < 4.78 is 22.7. The van der Waals surface area contributed by atoms with Gasteiger partial charge >= 0.3 is 0 Å². The molecule has 0 atom stereocenters. The lowest BCUT2D eigenvalue weighted by atomic mass is 10.4. The van der Waals surface area contributed by atoms with Crippen LogP contribution in [0.15, 0.2) is 12.4 Å². The summed E-state index contributed by atoms with van der Waals surface area (Å²) in [6.45, 7) is 4.81. The Balaban J connectivity index is 1.91. The van der Waals surface area contributed by atoms with E-state index in [1.807, 2.05) is 4.90 Å². The van der Waals surface area contributed by atoms with E-state index in [9.17, 15) is 8.42 Å². The third kappa shape index (κ3) is 4.14. The van der Waals surface area contributed by atoms with Gasteiger partial charge in [-0.1, -0.05) is 6.92 Å². The molecule has 0 spiro atoms. The summed E-state index contributed by atoms with van der Waals surface area (Å²) in [7, 11) is -2.85. The molecule has 0 saturated carbocycles. The van der Waals surface area contributed by atoms with E-state index < -0.39 is 9.84 Å². The number of hydrogen-bond acceptors (Lipinski definition) is 6. The molecule has 1 aromatic heterocycles. The van der Waals surface area contributed by atoms with Gasteiger partial charge in [-0.15, -0.1) is 0 Å². The SMILES string of the molecule is CCCNCc1cnc(N2CCS(=O)(=O)CC2)cn1. The van der Waals surface area contributed by atoms with Crippen LogP contribution in [0.25, 0.3) is 0 Å². The number of sulfone groups is 1. The molecule has 0 unspecified atom stereocenters. The molecule has 6 nitrogen and oxygen atoms in total. The lowest BCUT2D eigenvalue weighted by Crippen LogP contribution is -2.40. The fourth-order valence-electron chi connectivity index (χ4n) is 1.94. The second-order valence-corrected chi connectivity index (χ2v) is 6.99. The van der Waals surface area contributed by atoms with Crippen LogP contribution in [0.2, 0.25) is 0 Å². The van der Waals surface area contributed by atoms with Crippen LogP contribution in [0, 0.1) is 0 Å². The zero-order valence-electron chi connectivity index (χ0n) is 11.2. The number of hydrogen-bond donors (Lipinski definition) is 1. The highest BCUT2D eigenvalue weighted by molar-refractivity contribution is 7.91. The second kappa shape index (κ2) is 6.29. The van der Waals surface area contributed by atoms with E-state index in [1.165, 1.54) is 0 Å². The van der Waals surface area contributed by atoms with Crippen molar-refractivity contribution in [1.82, 2.24) is 15.3 Å². The maximum absolute atomic E-state index is 11.4. The smallest absolute Gasteiger partial charge is 0.153 e.